The molecule has 1 aliphatic rings. The van der Waals surface area contributed by atoms with Crippen LogP contribution in [0.4, 0.5) is 0 Å². The Labute approximate surface area is 154 Å². The minimum Gasteiger partial charge on any atom is -0.356 e. The number of hydrogen-bond acceptors (Lipinski definition) is 4. The Morgan fingerprint density at radius 3 is 2.85 bits per heavy atom. The fourth-order valence-corrected chi connectivity index (χ4v) is 2.82. The van der Waals surface area contributed by atoms with Crippen molar-refractivity contribution in [1.29, 1.82) is 5.26 Å². The van der Waals surface area contributed by atoms with Crippen LogP contribution in [0.1, 0.15) is 38.7 Å². The monoisotopic (exact) mass is 354 g/mol. The third-order valence-corrected chi connectivity index (χ3v) is 4.11. The van der Waals surface area contributed by atoms with Crippen molar-refractivity contribution in [2.24, 2.45) is 16.0 Å². The predicted molar refractivity (Wildman–Crippen MR) is 102 cm³/mol. The van der Waals surface area contributed by atoms with Gasteiger partial charge < -0.3 is 5.32 Å². The molecule has 7 heteroatoms. The molecule has 2 rings (SSSR count). The van der Waals surface area contributed by atoms with E-state index in [2.05, 4.69) is 20.7 Å². The van der Waals surface area contributed by atoms with Crippen LogP contribution in [-0.2, 0) is 4.79 Å². The van der Waals surface area contributed by atoms with Gasteiger partial charge in [0.15, 0.2) is 6.19 Å². The first-order valence-corrected chi connectivity index (χ1v) is 9.03. The van der Waals surface area contributed by atoms with Gasteiger partial charge in [0, 0.05) is 32.0 Å². The standard InChI is InChI=1S/C19H26N6O/c1-3-21-19(23-14-20)22-11-7-8-12-25-17(26)13-15(2)18(24-25)16-9-5-4-6-10-16/h4-6,9-10,15H,3,7-8,11-13H2,1-2H3,(H2,21,22,23). The lowest BCUT2D eigenvalue weighted by Gasteiger charge is -2.27. The number of amides is 1. The van der Waals surface area contributed by atoms with Crippen molar-refractivity contribution in [3.8, 4) is 6.19 Å². The second-order valence-corrected chi connectivity index (χ2v) is 6.17. The fourth-order valence-electron chi connectivity index (χ4n) is 2.82. The van der Waals surface area contributed by atoms with Gasteiger partial charge >= 0.3 is 0 Å². The number of aliphatic imine (C=N–C) groups is 1. The molecule has 0 saturated carbocycles. The summed E-state index contributed by atoms with van der Waals surface area (Å²) in [6.45, 7) is 5.83. The van der Waals surface area contributed by atoms with Crippen LogP contribution in [0.3, 0.4) is 0 Å². The number of nitrogens with one attached hydrogen (secondary N) is 2. The number of hydrazone groups is 1. The lowest BCUT2D eigenvalue weighted by atomic mass is 9.94. The Morgan fingerprint density at radius 2 is 2.15 bits per heavy atom. The molecular formula is C19H26N6O. The van der Waals surface area contributed by atoms with E-state index in [1.54, 1.807) is 5.01 Å². The highest BCUT2D eigenvalue weighted by atomic mass is 16.2. The number of carbonyl (C=O) groups is 1. The van der Waals surface area contributed by atoms with Gasteiger partial charge in [0.25, 0.3) is 0 Å². The molecule has 0 radical (unpaired) electrons. The molecule has 138 valence electrons. The Kier molecular flexibility index (Phi) is 7.62. The number of nitrogens with zero attached hydrogens (tertiary/aromatic N) is 4. The van der Waals surface area contributed by atoms with E-state index in [0.717, 1.165) is 24.1 Å². The van der Waals surface area contributed by atoms with E-state index in [9.17, 15) is 4.79 Å². The van der Waals surface area contributed by atoms with Gasteiger partial charge in [0.2, 0.25) is 11.9 Å². The van der Waals surface area contributed by atoms with Gasteiger partial charge in [-0.05, 0) is 25.3 Å². The normalized spacial score (nSPS) is 17.5. The Bertz CT molecular complexity index is 692. The fraction of sp³-hybridized carbons (Fsp3) is 0.474. The molecule has 1 heterocycles. The Morgan fingerprint density at radius 1 is 1.38 bits per heavy atom. The zero-order chi connectivity index (χ0) is 18.8. The number of benzene rings is 1. The van der Waals surface area contributed by atoms with Crippen molar-refractivity contribution in [1.82, 2.24) is 15.6 Å². The summed E-state index contributed by atoms with van der Waals surface area (Å²) in [6.07, 6.45) is 4.03. The molecule has 26 heavy (non-hydrogen) atoms. The molecule has 2 N–H and O–H groups in total. The molecule has 0 aromatic heterocycles. The zero-order valence-electron chi connectivity index (χ0n) is 15.4. The van der Waals surface area contributed by atoms with Crippen LogP contribution in [0, 0.1) is 17.4 Å². The number of nitriles is 1. The van der Waals surface area contributed by atoms with E-state index >= 15 is 0 Å². The highest BCUT2D eigenvalue weighted by Crippen LogP contribution is 2.20. The SMILES string of the molecule is CC/N=C(\NC#N)NCCCCN1N=C(c2ccccc2)C(C)CC1=O. The summed E-state index contributed by atoms with van der Waals surface area (Å²) in [5, 5.41) is 20.5. The summed E-state index contributed by atoms with van der Waals surface area (Å²) in [5.74, 6) is 0.694. The summed E-state index contributed by atoms with van der Waals surface area (Å²) >= 11 is 0. The molecule has 0 bridgehead atoms. The molecule has 1 aromatic carbocycles. The zero-order valence-corrected chi connectivity index (χ0v) is 15.4. The highest BCUT2D eigenvalue weighted by Gasteiger charge is 2.26. The molecule has 0 fully saturated rings. The first kappa shape index (κ1) is 19.4. The van der Waals surface area contributed by atoms with Crippen LogP contribution in [0.15, 0.2) is 40.4 Å². The van der Waals surface area contributed by atoms with Crippen molar-refractivity contribution in [2.75, 3.05) is 19.6 Å². The molecule has 1 unspecified atom stereocenters. The Balaban J connectivity index is 1.86. The predicted octanol–water partition coefficient (Wildman–Crippen LogP) is 2.08. The van der Waals surface area contributed by atoms with Crippen LogP contribution in [0.2, 0.25) is 0 Å². The second-order valence-electron chi connectivity index (χ2n) is 6.17. The van der Waals surface area contributed by atoms with E-state index < -0.39 is 0 Å². The second kappa shape index (κ2) is 10.2. The van der Waals surface area contributed by atoms with Gasteiger partial charge in [-0.2, -0.15) is 10.4 Å². The maximum atomic E-state index is 12.3. The van der Waals surface area contributed by atoms with E-state index in [4.69, 9.17) is 5.26 Å². The van der Waals surface area contributed by atoms with Crippen LogP contribution >= 0.6 is 0 Å². The molecule has 1 atom stereocenters. The third-order valence-electron chi connectivity index (χ3n) is 4.11. The average molecular weight is 354 g/mol. The molecule has 1 aromatic rings. The summed E-state index contributed by atoms with van der Waals surface area (Å²) in [5.41, 5.74) is 2.04. The maximum Gasteiger partial charge on any atom is 0.243 e. The van der Waals surface area contributed by atoms with Gasteiger partial charge in [-0.15, -0.1) is 0 Å². The van der Waals surface area contributed by atoms with E-state index in [-0.39, 0.29) is 11.8 Å². The molecule has 1 aliphatic heterocycles. The number of hydrogen-bond donors (Lipinski definition) is 2. The van der Waals surface area contributed by atoms with E-state index in [0.29, 0.717) is 32.0 Å². The summed E-state index contributed by atoms with van der Waals surface area (Å²) in [7, 11) is 0. The molecule has 1 amide bonds. The number of carbonyl (C=O) groups excluding carboxylic acids is 1. The lowest BCUT2D eigenvalue weighted by molar-refractivity contribution is -0.132. The van der Waals surface area contributed by atoms with E-state index in [1.165, 1.54) is 0 Å². The van der Waals surface area contributed by atoms with Crippen molar-refractivity contribution < 1.29 is 4.79 Å². The highest BCUT2D eigenvalue weighted by molar-refractivity contribution is 6.05. The molecule has 0 saturated heterocycles. The average Bonchev–Trinajstić information content (AvgIpc) is 2.64. The van der Waals surface area contributed by atoms with Crippen LogP contribution in [0.5, 0.6) is 0 Å². The van der Waals surface area contributed by atoms with E-state index in [1.807, 2.05) is 50.4 Å². The largest absolute Gasteiger partial charge is 0.356 e. The van der Waals surface area contributed by atoms with Crippen LogP contribution in [0.25, 0.3) is 0 Å². The summed E-state index contributed by atoms with van der Waals surface area (Å²) < 4.78 is 0. The maximum absolute atomic E-state index is 12.3. The molecular weight excluding hydrogens is 328 g/mol. The minimum atomic E-state index is 0.0736. The minimum absolute atomic E-state index is 0.0736. The third kappa shape index (κ3) is 5.59. The van der Waals surface area contributed by atoms with Gasteiger partial charge in [-0.1, -0.05) is 37.3 Å². The van der Waals surface area contributed by atoms with Gasteiger partial charge in [-0.25, -0.2) is 5.01 Å². The summed E-state index contributed by atoms with van der Waals surface area (Å²) in [4.78, 5) is 16.4. The van der Waals surface area contributed by atoms with Gasteiger partial charge in [0.05, 0.1) is 5.71 Å². The van der Waals surface area contributed by atoms with Crippen LogP contribution < -0.4 is 10.6 Å². The van der Waals surface area contributed by atoms with Gasteiger partial charge in [-0.3, -0.25) is 15.1 Å². The van der Waals surface area contributed by atoms with Crippen molar-refractivity contribution in [2.45, 2.75) is 33.1 Å². The number of rotatable bonds is 7. The molecule has 0 spiro atoms. The van der Waals surface area contributed by atoms with Crippen LogP contribution in [-0.4, -0.2) is 42.2 Å². The Hall–Kier alpha value is -2.88. The first-order chi connectivity index (χ1) is 12.7. The number of guanidine groups is 1. The topological polar surface area (TPSA) is 92.9 Å². The number of unbranched alkanes of at least 4 members (excludes halogenated alkanes) is 1. The molecule has 0 aliphatic carbocycles. The van der Waals surface area contributed by atoms with Crippen molar-refractivity contribution >= 4 is 17.6 Å². The summed E-state index contributed by atoms with van der Waals surface area (Å²) in [6, 6.07) is 10.0. The van der Waals surface area contributed by atoms with Crippen molar-refractivity contribution in [3.63, 3.8) is 0 Å². The van der Waals surface area contributed by atoms with Crippen molar-refractivity contribution in [3.05, 3.63) is 35.9 Å². The molecule has 7 nitrogen and oxygen atoms in total. The lowest BCUT2D eigenvalue weighted by Crippen LogP contribution is -2.37. The smallest absolute Gasteiger partial charge is 0.243 e. The quantitative estimate of drug-likeness (QED) is 0.258. The van der Waals surface area contributed by atoms with Gasteiger partial charge in [0.1, 0.15) is 0 Å². The first-order valence-electron chi connectivity index (χ1n) is 9.03.